The summed E-state index contributed by atoms with van der Waals surface area (Å²) in [5.74, 6) is -1.22. The number of unbranched alkanes of at least 4 members (excludes halogenated alkanes) is 2. The monoisotopic (exact) mass is 828 g/mol. The van der Waals surface area contributed by atoms with Crippen LogP contribution in [0.5, 0.6) is 23.0 Å². The van der Waals surface area contributed by atoms with Crippen molar-refractivity contribution >= 4 is 23.2 Å². The predicted molar refractivity (Wildman–Crippen MR) is 221 cm³/mol. The zero-order valence-corrected chi connectivity index (χ0v) is 33.9. The molecule has 6 rings (SSSR count). The minimum atomic E-state index is -1.54. The second-order valence-corrected chi connectivity index (χ2v) is 15.1. The number of benzene rings is 3. The summed E-state index contributed by atoms with van der Waals surface area (Å²) in [5, 5.41) is 47.2. The normalized spacial score (nSPS) is 23.3. The lowest BCUT2D eigenvalue weighted by Crippen LogP contribution is -2.70. The number of fused-ring (bicyclic) bond motifs is 2. The number of nitrogens with zero attached hydrogens (tertiary/aromatic N) is 4. The van der Waals surface area contributed by atoms with E-state index in [-0.39, 0.29) is 73.4 Å². The second-order valence-electron chi connectivity index (χ2n) is 15.1. The summed E-state index contributed by atoms with van der Waals surface area (Å²) in [4.78, 5) is 43.4. The number of hydrogen-bond acceptors (Lipinski definition) is 13. The highest BCUT2D eigenvalue weighted by molar-refractivity contribution is 6.03. The smallest absolute Gasteiger partial charge is 0.415 e. The van der Waals surface area contributed by atoms with E-state index in [0.29, 0.717) is 42.9 Å². The van der Waals surface area contributed by atoms with Crippen LogP contribution in [0.25, 0.3) is 0 Å². The summed E-state index contributed by atoms with van der Waals surface area (Å²) in [7, 11) is 1.46. The second kappa shape index (κ2) is 19.9. The van der Waals surface area contributed by atoms with E-state index in [9.17, 15) is 35.2 Å². The number of carbonyl (C=O) groups is 1. The molecule has 0 radical (unpaired) electrons. The first-order valence-electron chi connectivity index (χ1n) is 20.4. The van der Waals surface area contributed by atoms with Crippen molar-refractivity contribution < 1.29 is 48.6 Å². The van der Waals surface area contributed by atoms with Gasteiger partial charge in [-0.2, -0.15) is 0 Å². The Morgan fingerprint density at radius 2 is 1.67 bits per heavy atom. The molecule has 1 heterocycles. The van der Waals surface area contributed by atoms with Crippen LogP contribution in [-0.2, 0) is 9.57 Å². The number of non-ortho nitro benzene ring substituents is 2. The summed E-state index contributed by atoms with van der Waals surface area (Å²) in [5.41, 5.74) is 1.97. The van der Waals surface area contributed by atoms with E-state index in [2.05, 4.69) is 17.8 Å². The summed E-state index contributed by atoms with van der Waals surface area (Å²) in [6, 6.07) is 15.8. The molecule has 3 aliphatic rings. The lowest BCUT2D eigenvalue weighted by molar-refractivity contribution is -0.385. The molecule has 0 aromatic heterocycles. The average molecular weight is 829 g/mol. The fourth-order valence-corrected chi connectivity index (χ4v) is 9.03. The minimum absolute atomic E-state index is 0.00616. The van der Waals surface area contributed by atoms with Crippen molar-refractivity contribution in [2.75, 3.05) is 33.5 Å². The van der Waals surface area contributed by atoms with Crippen molar-refractivity contribution in [3.8, 4) is 23.0 Å². The molecular weight excluding hydrogens is 776 g/mol. The number of carbonyl (C=O) groups excluding carboxylic acids is 1. The summed E-state index contributed by atoms with van der Waals surface area (Å²) in [6.45, 7) is 6.24. The molecule has 2 N–H and O–H groups in total. The Kier molecular flexibility index (Phi) is 14.5. The molecule has 0 saturated heterocycles. The number of aliphatic hydroxyl groups excluding tert-OH is 2. The van der Waals surface area contributed by atoms with Gasteiger partial charge in [0.25, 0.3) is 11.4 Å². The Labute approximate surface area is 348 Å². The largest absolute Gasteiger partial charge is 0.459 e. The number of nitro benzene ring substituents is 2. The third-order valence-electron chi connectivity index (χ3n) is 11.4. The molecule has 16 nitrogen and oxygen atoms in total. The molecule has 1 aliphatic heterocycles. The number of allylic oxidation sites excluding steroid dienone is 1. The van der Waals surface area contributed by atoms with Crippen molar-refractivity contribution in [1.29, 1.82) is 0 Å². The Hall–Kier alpha value is -5.84. The van der Waals surface area contributed by atoms with Crippen LogP contribution in [0.3, 0.4) is 0 Å². The number of nitro groups is 2. The van der Waals surface area contributed by atoms with Crippen molar-refractivity contribution in [1.82, 2.24) is 4.90 Å². The van der Waals surface area contributed by atoms with Gasteiger partial charge in [-0.05, 0) is 85.9 Å². The third-order valence-corrected chi connectivity index (χ3v) is 11.4. The topological polar surface area (TPSA) is 206 Å². The van der Waals surface area contributed by atoms with Crippen molar-refractivity contribution in [2.45, 2.75) is 76.0 Å². The quantitative estimate of drug-likeness (QED) is 0.0476. The summed E-state index contributed by atoms with van der Waals surface area (Å²) >= 11 is 0. The zero-order chi connectivity index (χ0) is 42.8. The molecule has 0 bridgehead atoms. The third kappa shape index (κ3) is 9.30. The van der Waals surface area contributed by atoms with E-state index in [1.165, 1.54) is 43.5 Å². The lowest BCUT2D eigenvalue weighted by Gasteiger charge is -2.59. The van der Waals surface area contributed by atoms with Gasteiger partial charge in [0, 0.05) is 55.9 Å². The molecular formula is C44H52N4O12. The fourth-order valence-electron chi connectivity index (χ4n) is 9.03. The number of oxime groups is 1. The van der Waals surface area contributed by atoms with E-state index in [0.717, 1.165) is 30.4 Å². The minimum Gasteiger partial charge on any atom is -0.459 e. The van der Waals surface area contributed by atoms with E-state index >= 15 is 0 Å². The molecule has 0 spiro atoms. The van der Waals surface area contributed by atoms with Gasteiger partial charge >= 0.3 is 6.09 Å². The molecule has 16 heteroatoms. The molecule has 320 valence electrons. The van der Waals surface area contributed by atoms with Crippen LogP contribution in [0.4, 0.5) is 16.2 Å². The molecule has 60 heavy (non-hydrogen) atoms. The highest BCUT2D eigenvalue weighted by Crippen LogP contribution is 2.62. The molecule has 1 saturated carbocycles. The van der Waals surface area contributed by atoms with Gasteiger partial charge in [0.15, 0.2) is 0 Å². The van der Waals surface area contributed by atoms with Crippen LogP contribution in [-0.4, -0.2) is 82.1 Å². The highest BCUT2D eigenvalue weighted by atomic mass is 16.7. The maximum absolute atomic E-state index is 14.4. The van der Waals surface area contributed by atoms with Gasteiger partial charge < -0.3 is 34.0 Å². The Morgan fingerprint density at radius 3 is 2.33 bits per heavy atom. The van der Waals surface area contributed by atoms with Gasteiger partial charge in [-0.3, -0.25) is 25.1 Å². The molecule has 6 atom stereocenters. The van der Waals surface area contributed by atoms with Crippen molar-refractivity contribution in [3.05, 3.63) is 117 Å². The van der Waals surface area contributed by atoms with Crippen LogP contribution in [0.15, 0.2) is 96.2 Å². The molecule has 3 aromatic carbocycles. The van der Waals surface area contributed by atoms with Crippen molar-refractivity contribution in [2.24, 2.45) is 22.9 Å². The van der Waals surface area contributed by atoms with E-state index < -0.39 is 33.7 Å². The summed E-state index contributed by atoms with van der Waals surface area (Å²) < 4.78 is 26.3. The van der Waals surface area contributed by atoms with Crippen molar-refractivity contribution in [3.63, 3.8) is 0 Å². The van der Waals surface area contributed by atoms with Crippen LogP contribution in [0.2, 0.25) is 0 Å². The van der Waals surface area contributed by atoms with Crippen LogP contribution in [0, 0.1) is 38.0 Å². The average Bonchev–Trinajstić information content (AvgIpc) is 3.24. The van der Waals surface area contributed by atoms with Gasteiger partial charge in [-0.25, -0.2) is 4.79 Å². The molecule has 1 amide bonds. The Balaban J connectivity index is 1.54. The molecule has 3 aromatic rings. The first-order valence-corrected chi connectivity index (χ1v) is 20.4. The first kappa shape index (κ1) is 43.7. The van der Waals surface area contributed by atoms with E-state index in [1.54, 1.807) is 35.2 Å². The summed E-state index contributed by atoms with van der Waals surface area (Å²) in [6.07, 6.45) is 7.96. The number of ether oxygens (including phenoxy) is 4. The van der Waals surface area contributed by atoms with Gasteiger partial charge in [0.05, 0.1) is 34.1 Å². The number of amides is 1. The first-order chi connectivity index (χ1) is 29.1. The Bertz CT molecular complexity index is 2070. The number of aliphatic hydroxyl groups is 2. The van der Waals surface area contributed by atoms with Crippen LogP contribution in [0.1, 0.15) is 69.8 Å². The number of hydrogen-bond donors (Lipinski definition) is 2. The van der Waals surface area contributed by atoms with Crippen LogP contribution < -0.4 is 14.2 Å². The standard InChI is InChI=1S/C44H52N4O12/c1-4-21-46(43(51)59-32-17-15-30(16-18-32)47(52)53)40-28-38(45-56-3)36-25-29(11-6-8-22-49)35(14-7-9-23-50)41-37-27-34(58-33-13-10-12-31(26-33)48(54)55)19-20-39(37)60-44(40,42(36)41)57-24-5-2/h5,10,12-13,15-20,25-27,29,35,40-42,49-50H,2,4,6-9,11,14,21-24,28H2,1,3H3. The van der Waals surface area contributed by atoms with Gasteiger partial charge in [0.2, 0.25) is 5.79 Å². The van der Waals surface area contributed by atoms with E-state index in [4.69, 9.17) is 23.8 Å². The SMILES string of the molecule is C=CCOC12Oc3ccc(Oc4cccc([N+](=O)[O-])c4)cc3C3C(CCCCO)C(CCCCO)C=C(C(=NOC)CC1N(CCC)C(=O)Oc1ccc([N+](=O)[O-])cc1)C32. The van der Waals surface area contributed by atoms with Crippen LogP contribution >= 0.6 is 0 Å². The Morgan fingerprint density at radius 1 is 0.967 bits per heavy atom. The molecule has 1 fully saturated rings. The van der Waals surface area contributed by atoms with Gasteiger partial charge in [-0.1, -0.05) is 43.1 Å². The van der Waals surface area contributed by atoms with Gasteiger partial charge in [0.1, 0.15) is 36.1 Å². The lowest BCUT2D eigenvalue weighted by atomic mass is 9.55. The zero-order valence-electron chi connectivity index (χ0n) is 33.9. The molecule has 2 aliphatic carbocycles. The number of rotatable bonds is 20. The van der Waals surface area contributed by atoms with E-state index in [1.807, 2.05) is 13.0 Å². The maximum atomic E-state index is 14.4. The maximum Gasteiger partial charge on any atom is 0.415 e. The molecule has 6 unspecified atom stereocenters. The predicted octanol–water partition coefficient (Wildman–Crippen LogP) is 8.47. The highest BCUT2D eigenvalue weighted by Gasteiger charge is 2.65. The fraction of sp³-hybridized carbons (Fsp3) is 0.455. The van der Waals surface area contributed by atoms with Gasteiger partial charge in [-0.15, -0.1) is 6.58 Å².